The van der Waals surface area contributed by atoms with Crippen LogP contribution in [-0.4, -0.2) is 29.0 Å². The van der Waals surface area contributed by atoms with Gasteiger partial charge in [0.05, 0.1) is 18.7 Å². The molecule has 0 fully saturated rings. The number of hydrogen-bond donors (Lipinski definition) is 4. The van der Waals surface area contributed by atoms with Gasteiger partial charge in [-0.05, 0) is 6.07 Å². The van der Waals surface area contributed by atoms with E-state index in [4.69, 9.17) is 10.2 Å². The van der Waals surface area contributed by atoms with Crippen molar-refractivity contribution in [1.29, 1.82) is 0 Å². The lowest BCUT2D eigenvalue weighted by Gasteiger charge is -2.03. The number of amides is 2. The molecule has 2 amide bonds. The number of nitrogens with two attached hydrogens (primary N) is 1. The second-order valence-corrected chi connectivity index (χ2v) is 3.06. The molecular weight excluding hydrogens is 274 g/mol. The van der Waals surface area contributed by atoms with Gasteiger partial charge in [0.25, 0.3) is 5.96 Å². The zero-order valence-electron chi connectivity index (χ0n) is 9.77. The van der Waals surface area contributed by atoms with Gasteiger partial charge < -0.3 is 10.2 Å². The van der Waals surface area contributed by atoms with Gasteiger partial charge in [-0.25, -0.2) is 15.5 Å². The summed E-state index contributed by atoms with van der Waals surface area (Å²) in [6, 6.07) is 1.58. The summed E-state index contributed by atoms with van der Waals surface area (Å²) in [7, 11) is 0. The van der Waals surface area contributed by atoms with E-state index in [2.05, 4.69) is 10.2 Å². The Labute approximate surface area is 110 Å². The van der Waals surface area contributed by atoms with Gasteiger partial charge in [-0.1, -0.05) is 0 Å². The maximum Gasteiger partial charge on any atom is 0.331 e. The largest absolute Gasteiger partial charge is 0.472 e. The first-order valence-corrected chi connectivity index (χ1v) is 4.89. The lowest BCUT2D eigenvalue weighted by molar-refractivity contribution is -0.485. The molecule has 1 aromatic heterocycles. The van der Waals surface area contributed by atoms with E-state index in [1.807, 2.05) is 10.9 Å². The van der Waals surface area contributed by atoms with Crippen molar-refractivity contribution in [1.82, 2.24) is 16.3 Å². The fourth-order valence-electron chi connectivity index (χ4n) is 0.855. The van der Waals surface area contributed by atoms with Gasteiger partial charge in [-0.15, -0.1) is 0 Å². The van der Waals surface area contributed by atoms with E-state index in [1.165, 1.54) is 18.7 Å². The highest BCUT2D eigenvalue weighted by Gasteiger charge is 2.12. The van der Waals surface area contributed by atoms with Crippen LogP contribution in [-0.2, 0) is 9.59 Å². The number of carbonyl (C=O) groups excluding carboxylic acids is 2. The zero-order chi connectivity index (χ0) is 15.0. The zero-order valence-corrected chi connectivity index (χ0v) is 9.77. The van der Waals surface area contributed by atoms with Gasteiger partial charge in [0, 0.05) is 5.56 Å². The summed E-state index contributed by atoms with van der Waals surface area (Å²) in [5.74, 6) is -2.99. The van der Waals surface area contributed by atoms with Gasteiger partial charge >= 0.3 is 11.8 Å². The van der Waals surface area contributed by atoms with E-state index >= 15 is 0 Å². The highest BCUT2D eigenvalue weighted by Crippen LogP contribution is 1.94. The van der Waals surface area contributed by atoms with Gasteiger partial charge in [-0.3, -0.25) is 20.4 Å². The number of furan rings is 1. The molecule has 0 aliphatic carbocycles. The average molecular weight is 283 g/mol. The first-order chi connectivity index (χ1) is 9.49. The molecule has 0 aliphatic rings. The molecule has 106 valence electrons. The van der Waals surface area contributed by atoms with Crippen molar-refractivity contribution in [3.63, 3.8) is 0 Å². The molecule has 1 rings (SSSR count). The Morgan fingerprint density at radius 1 is 1.40 bits per heavy atom. The van der Waals surface area contributed by atoms with Crippen LogP contribution in [0.3, 0.4) is 0 Å². The van der Waals surface area contributed by atoms with Crippen LogP contribution in [0.15, 0.2) is 33.2 Å². The molecule has 0 spiro atoms. The van der Waals surface area contributed by atoms with Crippen LogP contribution in [0.5, 0.6) is 0 Å². The quantitative estimate of drug-likeness (QED) is 0.161. The Balaban J connectivity index is 2.36. The SMILES string of the molecule is NC(=N[N+](=O)[O-])NNC(=O)C(=O)NN=Cc1ccoc1. The standard InChI is InChI=1S/C8H9N7O5/c9-8(14-15(18)19)13-12-7(17)6(16)11-10-3-5-1-2-20-4-5/h1-4H,(H,11,16)(H,12,17)(H3,9,13,14). The van der Waals surface area contributed by atoms with Crippen LogP contribution in [0.1, 0.15) is 5.56 Å². The van der Waals surface area contributed by atoms with Crippen molar-refractivity contribution >= 4 is 24.0 Å². The molecule has 0 saturated heterocycles. The Bertz CT molecular complexity index is 550. The third-order valence-corrected chi connectivity index (χ3v) is 1.62. The molecule has 0 aromatic carbocycles. The molecule has 20 heavy (non-hydrogen) atoms. The van der Waals surface area contributed by atoms with Crippen LogP contribution in [0.25, 0.3) is 0 Å². The number of nitrogens with zero attached hydrogens (tertiary/aromatic N) is 3. The van der Waals surface area contributed by atoms with Crippen LogP contribution < -0.4 is 22.0 Å². The minimum atomic E-state index is -1.17. The average Bonchev–Trinajstić information content (AvgIpc) is 2.88. The van der Waals surface area contributed by atoms with Gasteiger partial charge in [0.15, 0.2) is 5.03 Å². The molecule has 12 nitrogen and oxygen atoms in total. The van der Waals surface area contributed by atoms with Crippen LogP contribution in [0.2, 0.25) is 0 Å². The van der Waals surface area contributed by atoms with Crippen molar-refractivity contribution in [2.24, 2.45) is 15.9 Å². The topological polar surface area (TPSA) is 177 Å². The fourth-order valence-corrected chi connectivity index (χ4v) is 0.855. The van der Waals surface area contributed by atoms with Crippen molar-refractivity contribution in [2.75, 3.05) is 0 Å². The third-order valence-electron chi connectivity index (χ3n) is 1.62. The number of carbonyl (C=O) groups is 2. The highest BCUT2D eigenvalue weighted by atomic mass is 16.7. The summed E-state index contributed by atoms with van der Waals surface area (Å²) in [6.07, 6.45) is 4.01. The van der Waals surface area contributed by atoms with Crippen molar-refractivity contribution in [3.05, 3.63) is 34.3 Å². The number of hydrazone groups is 2. The smallest absolute Gasteiger partial charge is 0.331 e. The second kappa shape index (κ2) is 7.10. The maximum atomic E-state index is 11.2. The van der Waals surface area contributed by atoms with E-state index in [-0.39, 0.29) is 0 Å². The predicted octanol–water partition coefficient (Wildman–Crippen LogP) is -2.14. The fraction of sp³-hybridized carbons (Fsp3) is 0. The first-order valence-electron chi connectivity index (χ1n) is 4.89. The Morgan fingerprint density at radius 2 is 2.15 bits per heavy atom. The summed E-state index contributed by atoms with van der Waals surface area (Å²) in [5.41, 5.74) is 11.1. The summed E-state index contributed by atoms with van der Waals surface area (Å²) in [4.78, 5) is 32.3. The Morgan fingerprint density at radius 3 is 2.75 bits per heavy atom. The van der Waals surface area contributed by atoms with E-state index < -0.39 is 22.8 Å². The molecule has 0 bridgehead atoms. The molecular formula is C8H9N7O5. The Kier molecular flexibility index (Phi) is 5.19. The Hall–Kier alpha value is -3.44. The van der Waals surface area contributed by atoms with Gasteiger partial charge in [0.1, 0.15) is 5.10 Å². The number of hydrogen-bond acceptors (Lipinski definition) is 6. The third kappa shape index (κ3) is 5.26. The lowest BCUT2D eigenvalue weighted by atomic mass is 10.4. The van der Waals surface area contributed by atoms with Crippen LogP contribution in [0.4, 0.5) is 0 Å². The summed E-state index contributed by atoms with van der Waals surface area (Å²) >= 11 is 0. The van der Waals surface area contributed by atoms with Gasteiger partial charge in [-0.2, -0.15) is 5.10 Å². The highest BCUT2D eigenvalue weighted by molar-refractivity contribution is 6.35. The monoisotopic (exact) mass is 283 g/mol. The number of nitrogens with one attached hydrogen (secondary N) is 3. The van der Waals surface area contributed by atoms with E-state index in [0.717, 1.165) is 0 Å². The molecule has 0 unspecified atom stereocenters. The van der Waals surface area contributed by atoms with E-state index in [1.54, 1.807) is 11.5 Å². The van der Waals surface area contributed by atoms with Crippen molar-refractivity contribution in [2.45, 2.75) is 0 Å². The lowest BCUT2D eigenvalue weighted by Crippen LogP contribution is -2.50. The van der Waals surface area contributed by atoms with Crippen molar-refractivity contribution in [3.8, 4) is 0 Å². The van der Waals surface area contributed by atoms with E-state index in [0.29, 0.717) is 5.56 Å². The minimum Gasteiger partial charge on any atom is -0.472 e. The normalized spacial score (nSPS) is 11.1. The molecule has 0 radical (unpaired) electrons. The maximum absolute atomic E-state index is 11.2. The second-order valence-electron chi connectivity index (χ2n) is 3.06. The summed E-state index contributed by atoms with van der Waals surface area (Å²) < 4.78 is 4.74. The molecule has 0 aliphatic heterocycles. The number of nitro groups is 1. The molecule has 5 N–H and O–H groups in total. The molecule has 1 aromatic rings. The minimum absolute atomic E-state index is 0.575. The summed E-state index contributed by atoms with van der Waals surface area (Å²) in [5, 5.41) is 14.9. The molecule has 12 heteroatoms. The van der Waals surface area contributed by atoms with Crippen LogP contribution in [0, 0.1) is 10.1 Å². The van der Waals surface area contributed by atoms with Gasteiger partial charge in [0.2, 0.25) is 0 Å². The molecule has 0 atom stereocenters. The molecule has 0 saturated carbocycles. The van der Waals surface area contributed by atoms with Crippen LogP contribution >= 0.6 is 0 Å². The van der Waals surface area contributed by atoms with Crippen molar-refractivity contribution < 1.29 is 19.0 Å². The predicted molar refractivity (Wildman–Crippen MR) is 64.3 cm³/mol. The number of hydrazine groups is 1. The molecule has 1 heterocycles. The number of guanidine groups is 1. The first kappa shape index (κ1) is 14.6. The summed E-state index contributed by atoms with van der Waals surface area (Å²) in [6.45, 7) is 0. The van der Waals surface area contributed by atoms with E-state index in [9.17, 15) is 19.7 Å². The number of rotatable bonds is 3.